The first-order chi connectivity index (χ1) is 31.4. The van der Waals surface area contributed by atoms with Crippen LogP contribution >= 0.6 is 34.0 Å². The second-order valence-electron chi connectivity index (χ2n) is 17.2. The number of hydrogen-bond donors (Lipinski definition) is 0. The number of rotatable bonds is 12. The van der Waals surface area contributed by atoms with Gasteiger partial charge in [-0.1, -0.05) is 52.4 Å². The van der Waals surface area contributed by atoms with Gasteiger partial charge >= 0.3 is 0 Å². The van der Waals surface area contributed by atoms with E-state index < -0.39 is 47.3 Å². The highest BCUT2D eigenvalue weighted by atomic mass is 32.1. The predicted octanol–water partition coefficient (Wildman–Crippen LogP) is 10.6. The summed E-state index contributed by atoms with van der Waals surface area (Å²) in [6, 6.07) is 13.7. The minimum Gasteiger partial charge on any atom is -0.277 e. The van der Waals surface area contributed by atoms with Crippen molar-refractivity contribution >= 4 is 122 Å². The molecule has 0 N–H and O–H groups in total. The summed E-state index contributed by atoms with van der Waals surface area (Å²) in [4.78, 5) is 118. The Morgan fingerprint density at radius 3 is 1.14 bits per heavy atom. The minimum atomic E-state index is -0.524. The second kappa shape index (κ2) is 15.1. The fourth-order valence-corrected chi connectivity index (χ4v) is 14.1. The molecule has 11 rings (SSSR count). The molecule has 0 saturated heterocycles. The molecule has 0 atom stereocenters. The van der Waals surface area contributed by atoms with Crippen LogP contribution in [0.25, 0.3) is 61.2 Å². The molecule has 0 unspecified atom stereocenters. The van der Waals surface area contributed by atoms with Gasteiger partial charge in [-0.05, 0) is 61.4 Å². The van der Waals surface area contributed by atoms with E-state index in [4.69, 9.17) is 0 Å². The van der Waals surface area contributed by atoms with E-state index in [9.17, 15) is 38.4 Å². The zero-order chi connectivity index (χ0) is 45.3. The standard InChI is InChI=1S/C50H40N4O8S3/c1-5-7-9-11-17-53-45(57)23-13-15-25-37-35(23)29(47(53)59)19-27(39(37)49(61)51(3)43(25)55)31-21-33-41(64-31)42-34(63-33)22-32(65-42)28-20-30-36-24(46(58)54(48(30)60)18-12-10-8-6-2)14-16-26-38(36)40(28)50(62)52(4)44(26)56/h13-16,19-22H,5-12,17-18H2,1-4H3. The predicted molar refractivity (Wildman–Crippen MR) is 253 cm³/mol. The Hall–Kier alpha value is -6.42. The van der Waals surface area contributed by atoms with Gasteiger partial charge in [-0.3, -0.25) is 58.0 Å². The quantitative estimate of drug-likeness (QED) is 0.0868. The van der Waals surface area contributed by atoms with Crippen LogP contribution in [-0.2, 0) is 0 Å². The lowest BCUT2D eigenvalue weighted by atomic mass is 9.83. The third kappa shape index (κ3) is 5.77. The molecule has 65 heavy (non-hydrogen) atoms. The van der Waals surface area contributed by atoms with Crippen molar-refractivity contribution in [2.45, 2.75) is 65.2 Å². The van der Waals surface area contributed by atoms with Gasteiger partial charge in [-0.15, -0.1) is 34.0 Å². The summed E-state index contributed by atoms with van der Waals surface area (Å²) in [5.41, 5.74) is 3.15. The molecular weight excluding hydrogens is 881 g/mol. The molecule has 8 amide bonds. The van der Waals surface area contributed by atoms with Crippen LogP contribution < -0.4 is 0 Å². The fourth-order valence-electron chi connectivity index (χ4n) is 10.1. The maximum Gasteiger partial charge on any atom is 0.261 e. The van der Waals surface area contributed by atoms with Gasteiger partial charge in [-0.2, -0.15) is 0 Å². The number of fused-ring (bicyclic) bond motifs is 3. The molecule has 4 aromatic carbocycles. The zero-order valence-corrected chi connectivity index (χ0v) is 38.4. The summed E-state index contributed by atoms with van der Waals surface area (Å²) in [5, 5.41) is 1.29. The fraction of sp³-hybridized carbons (Fsp3) is 0.280. The average molecular weight is 921 g/mol. The number of carbonyl (C=O) groups excluding carboxylic acids is 8. The molecule has 4 aliphatic rings. The molecule has 4 aliphatic heterocycles. The summed E-state index contributed by atoms with van der Waals surface area (Å²) in [6.07, 6.45) is 7.03. The summed E-state index contributed by atoms with van der Waals surface area (Å²) >= 11 is 4.41. The topological polar surface area (TPSA) is 150 Å². The van der Waals surface area contributed by atoms with Crippen molar-refractivity contribution in [3.63, 3.8) is 0 Å². The van der Waals surface area contributed by atoms with E-state index in [0.717, 1.165) is 67.1 Å². The smallest absolute Gasteiger partial charge is 0.261 e. The van der Waals surface area contributed by atoms with Crippen LogP contribution in [0.4, 0.5) is 0 Å². The second-order valence-corrected chi connectivity index (χ2v) is 20.4. The molecule has 0 aliphatic carbocycles. The van der Waals surface area contributed by atoms with Crippen LogP contribution in [0.15, 0.2) is 48.5 Å². The number of benzene rings is 4. The van der Waals surface area contributed by atoms with Crippen molar-refractivity contribution in [3.05, 3.63) is 93.0 Å². The number of amides is 8. The highest BCUT2D eigenvalue weighted by molar-refractivity contribution is 7.40. The molecule has 15 heteroatoms. The lowest BCUT2D eigenvalue weighted by Crippen LogP contribution is -2.42. The normalized spacial score (nSPS) is 15.8. The van der Waals surface area contributed by atoms with E-state index in [1.807, 2.05) is 12.1 Å². The first-order valence-electron chi connectivity index (χ1n) is 22.0. The molecule has 0 bridgehead atoms. The van der Waals surface area contributed by atoms with Gasteiger partial charge in [0.05, 0.1) is 20.5 Å². The van der Waals surface area contributed by atoms with Crippen LogP contribution in [0.5, 0.6) is 0 Å². The number of imide groups is 4. The van der Waals surface area contributed by atoms with Crippen molar-refractivity contribution in [3.8, 4) is 20.9 Å². The lowest BCUT2D eigenvalue weighted by molar-refractivity contribution is 0.0591. The third-order valence-electron chi connectivity index (χ3n) is 13.4. The van der Waals surface area contributed by atoms with Crippen LogP contribution in [0.2, 0.25) is 0 Å². The number of hydrogen-bond acceptors (Lipinski definition) is 11. The van der Waals surface area contributed by atoms with Gasteiger partial charge in [-0.25, -0.2) is 0 Å². The molecule has 0 radical (unpaired) electrons. The molecule has 3 aromatic heterocycles. The lowest BCUT2D eigenvalue weighted by Gasteiger charge is -2.32. The number of unbranched alkanes of at least 4 members (excludes halogenated alkanes) is 6. The van der Waals surface area contributed by atoms with Gasteiger partial charge in [0, 0.05) is 112 Å². The zero-order valence-electron chi connectivity index (χ0n) is 36.0. The van der Waals surface area contributed by atoms with Crippen molar-refractivity contribution in [2.24, 2.45) is 0 Å². The largest absolute Gasteiger partial charge is 0.277 e. The van der Waals surface area contributed by atoms with E-state index in [0.29, 0.717) is 66.4 Å². The van der Waals surface area contributed by atoms with Crippen molar-refractivity contribution in [2.75, 3.05) is 27.2 Å². The van der Waals surface area contributed by atoms with Crippen LogP contribution in [-0.4, -0.2) is 94.0 Å². The number of carbonyl (C=O) groups is 8. The highest BCUT2D eigenvalue weighted by Gasteiger charge is 2.43. The Morgan fingerprint density at radius 1 is 0.385 bits per heavy atom. The summed E-state index contributed by atoms with van der Waals surface area (Å²) in [5.74, 6) is -3.84. The Bertz CT molecular complexity index is 3210. The summed E-state index contributed by atoms with van der Waals surface area (Å²) in [7, 11) is 2.86. The monoisotopic (exact) mass is 920 g/mol. The average Bonchev–Trinajstić information content (AvgIpc) is 4.00. The van der Waals surface area contributed by atoms with Gasteiger partial charge < -0.3 is 0 Å². The van der Waals surface area contributed by atoms with Crippen molar-refractivity contribution in [1.29, 1.82) is 0 Å². The van der Waals surface area contributed by atoms with Gasteiger partial charge in [0.25, 0.3) is 47.3 Å². The molecule has 326 valence electrons. The molecule has 7 aromatic rings. The van der Waals surface area contributed by atoms with Crippen molar-refractivity contribution < 1.29 is 38.4 Å². The Kier molecular flexibility index (Phi) is 9.58. The van der Waals surface area contributed by atoms with E-state index in [-0.39, 0.29) is 46.5 Å². The first kappa shape index (κ1) is 41.3. The van der Waals surface area contributed by atoms with Gasteiger partial charge in [0.15, 0.2) is 0 Å². The maximum atomic E-state index is 14.3. The molecule has 12 nitrogen and oxygen atoms in total. The van der Waals surface area contributed by atoms with E-state index in [1.54, 1.807) is 36.4 Å². The molecule has 7 heterocycles. The van der Waals surface area contributed by atoms with Gasteiger partial charge in [0.2, 0.25) is 0 Å². The maximum absolute atomic E-state index is 14.3. The molecular formula is C50H40N4O8S3. The Labute approximate surface area is 384 Å². The summed E-state index contributed by atoms with van der Waals surface area (Å²) < 4.78 is 3.68. The molecule has 0 saturated carbocycles. The Morgan fingerprint density at radius 2 is 0.754 bits per heavy atom. The van der Waals surface area contributed by atoms with Gasteiger partial charge in [0.1, 0.15) is 0 Å². The minimum absolute atomic E-state index is 0.252. The molecule has 0 fully saturated rings. The molecule has 0 spiro atoms. The number of thiophene rings is 3. The highest BCUT2D eigenvalue weighted by Crippen LogP contribution is 2.52. The van der Waals surface area contributed by atoms with Crippen LogP contribution in [0.3, 0.4) is 0 Å². The third-order valence-corrected chi connectivity index (χ3v) is 17.2. The van der Waals surface area contributed by atoms with E-state index in [2.05, 4.69) is 13.8 Å². The van der Waals surface area contributed by atoms with Crippen molar-refractivity contribution in [1.82, 2.24) is 19.6 Å². The van der Waals surface area contributed by atoms with E-state index in [1.165, 1.54) is 57.9 Å². The number of nitrogens with zero attached hydrogens (tertiary/aromatic N) is 4. The van der Waals surface area contributed by atoms with Crippen LogP contribution in [0.1, 0.15) is 148 Å². The van der Waals surface area contributed by atoms with E-state index >= 15 is 0 Å². The Balaban J connectivity index is 1.07. The SMILES string of the molecule is CCCCCCN1C(=O)c2ccc3c4c(c(-c5cc6sc7cc(-c8cc9c%10c(ccc%11c%10c8C(=O)N(C)C%11=O)C(=O)N(CCCCCC)C9=O)sc7c6s5)cc(c24)C1=O)C(=O)N(C)C3=O. The summed E-state index contributed by atoms with van der Waals surface area (Å²) in [6.45, 7) is 4.70. The van der Waals surface area contributed by atoms with Crippen LogP contribution in [0, 0.1) is 0 Å². The first-order valence-corrected chi connectivity index (χ1v) is 24.4.